The maximum Gasteiger partial charge on any atom is 0.258 e. The maximum atomic E-state index is 13.3. The Bertz CT molecular complexity index is 1470. The van der Waals surface area contributed by atoms with Gasteiger partial charge in [-0.15, -0.1) is 0 Å². The van der Waals surface area contributed by atoms with E-state index in [1.165, 1.54) is 31.4 Å². The maximum absolute atomic E-state index is 13.3. The number of hydrogen-bond acceptors (Lipinski definition) is 4. The lowest BCUT2D eigenvalue weighted by Crippen LogP contribution is -2.23. The molecular formula is C28H22ClNO4. The second-order valence-electron chi connectivity index (χ2n) is 7.68. The molecule has 0 spiro atoms. The number of aromatic hydroxyl groups is 1. The number of fused-ring (bicyclic) bond motifs is 1. The summed E-state index contributed by atoms with van der Waals surface area (Å²) in [7, 11) is 1.46. The second-order valence-corrected chi connectivity index (χ2v) is 8.12. The molecule has 0 saturated carbocycles. The van der Waals surface area contributed by atoms with E-state index in [4.69, 9.17) is 16.3 Å². The number of pyridine rings is 1. The fourth-order valence-electron chi connectivity index (χ4n) is 3.61. The normalized spacial score (nSPS) is 11.5. The largest absolute Gasteiger partial charge is 0.504 e. The first kappa shape index (κ1) is 23.1. The highest BCUT2D eigenvalue weighted by atomic mass is 35.5. The van der Waals surface area contributed by atoms with Crippen LogP contribution in [0.1, 0.15) is 16.7 Å². The third-order valence-corrected chi connectivity index (χ3v) is 5.58. The molecule has 0 amide bonds. The van der Waals surface area contributed by atoms with Crippen molar-refractivity contribution in [2.24, 2.45) is 0 Å². The van der Waals surface area contributed by atoms with Crippen molar-refractivity contribution in [1.82, 2.24) is 4.57 Å². The number of phenolic OH excluding ortho intramolecular Hbond substituents is 1. The van der Waals surface area contributed by atoms with Crippen LogP contribution in [0.15, 0.2) is 89.7 Å². The molecule has 0 fully saturated rings. The minimum absolute atomic E-state index is 0.0234. The van der Waals surface area contributed by atoms with Gasteiger partial charge in [0.1, 0.15) is 0 Å². The molecule has 4 rings (SSSR count). The molecule has 0 aliphatic rings. The van der Waals surface area contributed by atoms with Crippen LogP contribution >= 0.6 is 11.6 Å². The van der Waals surface area contributed by atoms with Crippen molar-refractivity contribution in [3.05, 3.63) is 117 Å². The van der Waals surface area contributed by atoms with Crippen LogP contribution in [-0.4, -0.2) is 22.6 Å². The lowest BCUT2D eigenvalue weighted by atomic mass is 10.1. The Kier molecular flexibility index (Phi) is 6.95. The van der Waals surface area contributed by atoms with Crippen molar-refractivity contribution in [1.29, 1.82) is 0 Å². The number of carbonyl (C=O) groups excluding carboxylic acids is 1. The molecule has 0 saturated heterocycles. The van der Waals surface area contributed by atoms with E-state index >= 15 is 0 Å². The van der Waals surface area contributed by atoms with Crippen LogP contribution in [0.3, 0.4) is 0 Å². The molecule has 0 unspecified atom stereocenters. The Hall–Kier alpha value is -4.09. The minimum Gasteiger partial charge on any atom is -0.504 e. The summed E-state index contributed by atoms with van der Waals surface area (Å²) in [6.07, 6.45) is 5.90. The lowest BCUT2D eigenvalue weighted by Gasteiger charge is -2.12. The zero-order valence-electron chi connectivity index (χ0n) is 18.4. The van der Waals surface area contributed by atoms with Gasteiger partial charge in [-0.3, -0.25) is 9.59 Å². The summed E-state index contributed by atoms with van der Waals surface area (Å²) in [6.45, 7) is 0.384. The molecule has 0 aliphatic carbocycles. The number of halogens is 1. The molecule has 34 heavy (non-hydrogen) atoms. The average Bonchev–Trinajstić information content (AvgIpc) is 2.85. The summed E-state index contributed by atoms with van der Waals surface area (Å²) in [5.41, 5.74) is 2.60. The van der Waals surface area contributed by atoms with Crippen molar-refractivity contribution in [2.75, 3.05) is 7.11 Å². The molecule has 5 nitrogen and oxygen atoms in total. The van der Waals surface area contributed by atoms with Gasteiger partial charge in [0, 0.05) is 10.6 Å². The van der Waals surface area contributed by atoms with Crippen molar-refractivity contribution in [3.63, 3.8) is 0 Å². The van der Waals surface area contributed by atoms with Gasteiger partial charge in [-0.05, 0) is 65.1 Å². The molecular weight excluding hydrogens is 450 g/mol. The second kappa shape index (κ2) is 10.2. The summed E-state index contributed by atoms with van der Waals surface area (Å²) < 4.78 is 6.75. The summed E-state index contributed by atoms with van der Waals surface area (Å²) in [5, 5.41) is 11.1. The highest BCUT2D eigenvalue weighted by Gasteiger charge is 2.09. The number of hydrogen-bond donors (Lipinski definition) is 1. The fraction of sp³-hybridized carbons (Fsp3) is 0.0714. The number of allylic oxidation sites excluding steroid dienone is 2. The van der Waals surface area contributed by atoms with E-state index < -0.39 is 0 Å². The molecule has 4 aromatic rings. The first-order valence-electron chi connectivity index (χ1n) is 10.6. The van der Waals surface area contributed by atoms with Gasteiger partial charge in [-0.25, -0.2) is 0 Å². The van der Waals surface area contributed by atoms with Crippen LogP contribution in [-0.2, 0) is 11.3 Å². The minimum atomic E-state index is -0.280. The van der Waals surface area contributed by atoms with Crippen molar-refractivity contribution < 1.29 is 14.6 Å². The van der Waals surface area contributed by atoms with Crippen LogP contribution in [0.2, 0.25) is 5.02 Å². The quantitative estimate of drug-likeness (QED) is 0.350. The SMILES string of the molecule is COc1cc(/C=C/C(=O)/C=C/c2cc3ccc(Cl)cc3n(Cc3ccccc3)c2=O)ccc1O. The topological polar surface area (TPSA) is 68.5 Å². The standard InChI is InChI=1S/C28H22ClNO4/c1-34-27-15-19(8-14-26(27)32)7-12-24(31)13-10-22-16-21-9-11-23(29)17-25(21)30(28(22)33)18-20-5-3-2-4-6-20/h2-17,32H,18H2,1H3/b12-7+,13-10+. The summed E-state index contributed by atoms with van der Waals surface area (Å²) in [4.78, 5) is 25.7. The Morgan fingerprint density at radius 1 is 1.00 bits per heavy atom. The van der Waals surface area contributed by atoms with Crippen LogP contribution in [0, 0.1) is 0 Å². The number of nitrogens with zero attached hydrogens (tertiary/aromatic N) is 1. The number of ether oxygens (including phenoxy) is 1. The van der Waals surface area contributed by atoms with Gasteiger partial charge in [-0.2, -0.15) is 0 Å². The molecule has 0 atom stereocenters. The van der Waals surface area contributed by atoms with Gasteiger partial charge in [-0.1, -0.05) is 60.1 Å². The van der Waals surface area contributed by atoms with Gasteiger partial charge >= 0.3 is 0 Å². The van der Waals surface area contributed by atoms with E-state index in [9.17, 15) is 14.7 Å². The Morgan fingerprint density at radius 3 is 2.53 bits per heavy atom. The van der Waals surface area contributed by atoms with Crippen molar-refractivity contribution in [2.45, 2.75) is 6.54 Å². The zero-order chi connectivity index (χ0) is 24.1. The zero-order valence-corrected chi connectivity index (χ0v) is 19.2. The molecule has 3 aromatic carbocycles. The summed E-state index contributed by atoms with van der Waals surface area (Å²) in [5.74, 6) is 0.0628. The van der Waals surface area contributed by atoms with Gasteiger partial charge in [0.25, 0.3) is 5.56 Å². The van der Waals surface area contributed by atoms with Crippen molar-refractivity contribution >= 4 is 40.4 Å². The third kappa shape index (κ3) is 5.27. The Morgan fingerprint density at radius 2 is 1.76 bits per heavy atom. The third-order valence-electron chi connectivity index (χ3n) is 5.34. The van der Waals surface area contributed by atoms with Crippen LogP contribution in [0.25, 0.3) is 23.1 Å². The van der Waals surface area contributed by atoms with Gasteiger partial charge < -0.3 is 14.4 Å². The fourth-order valence-corrected chi connectivity index (χ4v) is 3.78. The number of ketones is 1. The smallest absolute Gasteiger partial charge is 0.258 e. The number of benzene rings is 3. The Labute approximate surface area is 201 Å². The first-order valence-corrected chi connectivity index (χ1v) is 11.0. The molecule has 1 heterocycles. The predicted octanol–water partition coefficient (Wildman–Crippen LogP) is 5.71. The molecule has 1 aromatic heterocycles. The van der Waals surface area contributed by atoms with Crippen LogP contribution in [0.4, 0.5) is 0 Å². The van der Waals surface area contributed by atoms with E-state index in [-0.39, 0.29) is 17.1 Å². The van der Waals surface area contributed by atoms with Gasteiger partial charge in [0.05, 0.1) is 19.2 Å². The molecule has 170 valence electrons. The molecule has 1 N–H and O–H groups in total. The summed E-state index contributed by atoms with van der Waals surface area (Å²) in [6, 6.07) is 21.6. The molecule has 0 aliphatic heterocycles. The average molecular weight is 472 g/mol. The summed E-state index contributed by atoms with van der Waals surface area (Å²) >= 11 is 6.20. The monoisotopic (exact) mass is 471 g/mol. The van der Waals surface area contributed by atoms with Crippen LogP contribution in [0.5, 0.6) is 11.5 Å². The highest BCUT2D eigenvalue weighted by molar-refractivity contribution is 6.31. The van der Waals surface area contributed by atoms with Crippen LogP contribution < -0.4 is 10.3 Å². The highest BCUT2D eigenvalue weighted by Crippen LogP contribution is 2.26. The predicted molar refractivity (Wildman–Crippen MR) is 136 cm³/mol. The lowest BCUT2D eigenvalue weighted by molar-refractivity contribution is -0.110. The number of rotatable bonds is 7. The van der Waals surface area contributed by atoms with Gasteiger partial charge in [0.15, 0.2) is 17.3 Å². The number of phenols is 1. The van der Waals surface area contributed by atoms with E-state index in [2.05, 4.69) is 0 Å². The number of carbonyl (C=O) groups is 1. The van der Waals surface area contributed by atoms with E-state index in [1.807, 2.05) is 36.4 Å². The van der Waals surface area contributed by atoms with E-state index in [0.717, 1.165) is 16.5 Å². The van der Waals surface area contributed by atoms with Crippen molar-refractivity contribution in [3.8, 4) is 11.5 Å². The molecule has 0 radical (unpaired) electrons. The number of methoxy groups -OCH3 is 1. The molecule has 6 heteroatoms. The van der Waals surface area contributed by atoms with Gasteiger partial charge in [0.2, 0.25) is 0 Å². The van der Waals surface area contributed by atoms with E-state index in [0.29, 0.717) is 28.4 Å². The van der Waals surface area contributed by atoms with E-state index in [1.54, 1.807) is 41.0 Å². The molecule has 0 bridgehead atoms. The Balaban J connectivity index is 1.65. The number of aromatic nitrogens is 1. The first-order chi connectivity index (χ1) is 16.4.